The van der Waals surface area contributed by atoms with E-state index in [-0.39, 0.29) is 17.2 Å². The van der Waals surface area contributed by atoms with Crippen LogP contribution in [0.15, 0.2) is 35.7 Å². The van der Waals surface area contributed by atoms with E-state index in [1.165, 1.54) is 7.05 Å². The number of primary amides is 1. The summed E-state index contributed by atoms with van der Waals surface area (Å²) in [6.45, 7) is 1.87. The second-order valence-corrected chi connectivity index (χ2v) is 8.42. The molecule has 1 aromatic heterocycles. The molecular formula is C23H27ClN6O3. The van der Waals surface area contributed by atoms with E-state index in [4.69, 9.17) is 22.7 Å². The van der Waals surface area contributed by atoms with Gasteiger partial charge < -0.3 is 21.8 Å². The number of aromatic amines is 1. The van der Waals surface area contributed by atoms with Gasteiger partial charge in [0, 0.05) is 36.2 Å². The lowest BCUT2D eigenvalue weighted by Gasteiger charge is -2.30. The molecule has 0 aliphatic heterocycles. The van der Waals surface area contributed by atoms with Crippen LogP contribution >= 0.6 is 11.6 Å². The fraction of sp³-hybridized carbons (Fsp3) is 0.348. The SMILES string of the molecule is CN/C(C(N)=O)=C(\C=N)NC(=O)C1CCCCC1C(=O)c1ccc(-c2cc(C)n[nH]2)cc1Cl. The van der Waals surface area contributed by atoms with Crippen LogP contribution in [-0.2, 0) is 9.59 Å². The van der Waals surface area contributed by atoms with Crippen molar-refractivity contribution in [3.63, 3.8) is 0 Å². The van der Waals surface area contributed by atoms with Crippen molar-refractivity contribution < 1.29 is 14.4 Å². The van der Waals surface area contributed by atoms with Crippen molar-refractivity contribution in [2.75, 3.05) is 7.05 Å². The number of Topliss-reactive ketones (excluding diaryl/α,β-unsaturated/α-hetero) is 1. The topological polar surface area (TPSA) is 154 Å². The molecule has 6 N–H and O–H groups in total. The summed E-state index contributed by atoms with van der Waals surface area (Å²) in [7, 11) is 1.47. The van der Waals surface area contributed by atoms with Crippen LogP contribution in [0.4, 0.5) is 0 Å². The number of likely N-dealkylation sites (N-methyl/N-ethyl adjacent to an activating group) is 1. The largest absolute Gasteiger partial charge is 0.382 e. The maximum absolute atomic E-state index is 13.4. The van der Waals surface area contributed by atoms with Crippen LogP contribution in [0, 0.1) is 24.2 Å². The van der Waals surface area contributed by atoms with E-state index in [1.807, 2.05) is 13.0 Å². The monoisotopic (exact) mass is 470 g/mol. The highest BCUT2D eigenvalue weighted by Gasteiger charge is 2.37. The Kier molecular flexibility index (Phi) is 7.65. The lowest BCUT2D eigenvalue weighted by atomic mass is 9.75. The molecule has 0 saturated heterocycles. The molecule has 2 aromatic rings. The minimum atomic E-state index is -0.799. The zero-order chi connectivity index (χ0) is 24.1. The molecule has 1 saturated carbocycles. The molecule has 2 atom stereocenters. The summed E-state index contributed by atoms with van der Waals surface area (Å²) in [4.78, 5) is 38.1. The highest BCUT2D eigenvalue weighted by Crippen LogP contribution is 2.35. The van der Waals surface area contributed by atoms with Gasteiger partial charge in [-0.1, -0.05) is 30.5 Å². The summed E-state index contributed by atoms with van der Waals surface area (Å²) < 4.78 is 0. The molecule has 1 fully saturated rings. The second kappa shape index (κ2) is 10.4. The molecule has 0 bridgehead atoms. The molecule has 2 amide bonds. The van der Waals surface area contributed by atoms with Crippen LogP contribution in [0.3, 0.4) is 0 Å². The number of carbonyl (C=O) groups excluding carboxylic acids is 3. The molecule has 0 spiro atoms. The second-order valence-electron chi connectivity index (χ2n) is 8.02. The third kappa shape index (κ3) is 5.31. The standard InChI is InChI=1S/C23H27ClN6O3/c1-12-9-18(30-29-12)13-7-8-16(17(24)10-13)21(31)14-5-3-4-6-15(14)23(33)28-19(11-25)20(27-2)22(26)32/h7-11,14-15,25,27H,3-6H2,1-2H3,(H2,26,32)(H,28,33)(H,29,30)/b20-19+,25-11?. The molecular weight excluding hydrogens is 444 g/mol. The number of H-pyrrole nitrogens is 1. The molecule has 3 rings (SSSR count). The summed E-state index contributed by atoms with van der Waals surface area (Å²) in [6.07, 6.45) is 3.53. The molecule has 0 radical (unpaired) electrons. The number of ketones is 1. The van der Waals surface area contributed by atoms with E-state index in [1.54, 1.807) is 18.2 Å². The number of nitrogens with zero attached hydrogens (tertiary/aromatic N) is 1. The van der Waals surface area contributed by atoms with E-state index < -0.39 is 23.7 Å². The molecule has 33 heavy (non-hydrogen) atoms. The van der Waals surface area contributed by atoms with Crippen LogP contribution in [0.1, 0.15) is 41.7 Å². The summed E-state index contributed by atoms with van der Waals surface area (Å²) >= 11 is 6.48. The van der Waals surface area contributed by atoms with Crippen LogP contribution in [0.25, 0.3) is 11.3 Å². The zero-order valence-corrected chi connectivity index (χ0v) is 19.3. The summed E-state index contributed by atoms with van der Waals surface area (Å²) in [6, 6.07) is 7.07. The molecule has 174 valence electrons. The molecule has 9 nitrogen and oxygen atoms in total. The Labute approximate surface area is 196 Å². The number of aromatic nitrogens is 2. The fourth-order valence-electron chi connectivity index (χ4n) is 4.20. The van der Waals surface area contributed by atoms with Crippen molar-refractivity contribution >= 4 is 35.4 Å². The fourth-order valence-corrected chi connectivity index (χ4v) is 4.47. The minimum absolute atomic E-state index is 0.0380. The third-order valence-electron chi connectivity index (χ3n) is 5.86. The number of allylic oxidation sites excluding steroid dienone is 1. The number of rotatable bonds is 8. The van der Waals surface area contributed by atoms with Crippen molar-refractivity contribution in [3.8, 4) is 11.3 Å². The smallest absolute Gasteiger partial charge is 0.266 e. The lowest BCUT2D eigenvalue weighted by Crippen LogP contribution is -2.41. The number of nitrogens with one attached hydrogen (secondary N) is 4. The van der Waals surface area contributed by atoms with Crippen molar-refractivity contribution in [1.29, 1.82) is 5.41 Å². The molecule has 2 unspecified atom stereocenters. The third-order valence-corrected chi connectivity index (χ3v) is 6.17. The number of aryl methyl sites for hydroxylation is 1. The lowest BCUT2D eigenvalue weighted by molar-refractivity contribution is -0.126. The van der Waals surface area contributed by atoms with Crippen molar-refractivity contribution in [3.05, 3.63) is 51.9 Å². The van der Waals surface area contributed by atoms with E-state index in [0.717, 1.165) is 36.0 Å². The van der Waals surface area contributed by atoms with Gasteiger partial charge in [0.15, 0.2) is 5.78 Å². The van der Waals surface area contributed by atoms with Crippen molar-refractivity contribution in [2.45, 2.75) is 32.6 Å². The summed E-state index contributed by atoms with van der Waals surface area (Å²) in [5.41, 5.74) is 8.00. The van der Waals surface area contributed by atoms with Gasteiger partial charge in [-0.2, -0.15) is 5.10 Å². The van der Waals surface area contributed by atoms with Gasteiger partial charge in [0.1, 0.15) is 5.70 Å². The van der Waals surface area contributed by atoms with Crippen LogP contribution in [0.2, 0.25) is 5.02 Å². The molecule has 10 heteroatoms. The first kappa shape index (κ1) is 24.2. The predicted octanol–water partition coefficient (Wildman–Crippen LogP) is 2.71. The van der Waals surface area contributed by atoms with Crippen molar-refractivity contribution in [2.24, 2.45) is 17.6 Å². The number of carbonyl (C=O) groups is 3. The normalized spacial score (nSPS) is 18.8. The van der Waals surface area contributed by atoms with Gasteiger partial charge in [0.05, 0.1) is 22.1 Å². The predicted molar refractivity (Wildman–Crippen MR) is 126 cm³/mol. The van der Waals surface area contributed by atoms with Gasteiger partial charge in [-0.25, -0.2) is 0 Å². The Bertz CT molecular complexity index is 1120. The average Bonchev–Trinajstić information content (AvgIpc) is 3.24. The Morgan fingerprint density at radius 1 is 1.21 bits per heavy atom. The van der Waals surface area contributed by atoms with E-state index in [0.29, 0.717) is 23.4 Å². The average molecular weight is 471 g/mol. The van der Waals surface area contributed by atoms with Gasteiger partial charge in [0.2, 0.25) is 5.91 Å². The van der Waals surface area contributed by atoms with Crippen molar-refractivity contribution in [1.82, 2.24) is 20.8 Å². The van der Waals surface area contributed by atoms with Gasteiger partial charge in [-0.15, -0.1) is 0 Å². The maximum atomic E-state index is 13.4. The number of hydrogen-bond acceptors (Lipinski definition) is 6. The summed E-state index contributed by atoms with van der Waals surface area (Å²) in [5, 5.41) is 20.1. The Hall–Kier alpha value is -3.46. The molecule has 1 aliphatic rings. The quantitative estimate of drug-likeness (QED) is 0.228. The van der Waals surface area contributed by atoms with Gasteiger partial charge in [-0.3, -0.25) is 19.5 Å². The number of amides is 2. The molecule has 1 heterocycles. The minimum Gasteiger partial charge on any atom is -0.382 e. The first-order valence-corrected chi connectivity index (χ1v) is 11.0. The number of benzene rings is 1. The first-order valence-electron chi connectivity index (χ1n) is 10.7. The number of halogens is 1. The van der Waals surface area contributed by atoms with Crippen LogP contribution in [0.5, 0.6) is 0 Å². The molecule has 1 aliphatic carbocycles. The van der Waals surface area contributed by atoms with E-state index in [2.05, 4.69) is 20.8 Å². The highest BCUT2D eigenvalue weighted by atomic mass is 35.5. The molecule has 1 aromatic carbocycles. The zero-order valence-electron chi connectivity index (χ0n) is 18.5. The highest BCUT2D eigenvalue weighted by molar-refractivity contribution is 6.34. The van der Waals surface area contributed by atoms with E-state index in [9.17, 15) is 14.4 Å². The Morgan fingerprint density at radius 3 is 2.45 bits per heavy atom. The summed E-state index contributed by atoms with van der Waals surface area (Å²) in [5.74, 6) is -2.60. The van der Waals surface area contributed by atoms with E-state index >= 15 is 0 Å². The van der Waals surface area contributed by atoms with Gasteiger partial charge in [-0.05, 0) is 38.0 Å². The first-order chi connectivity index (χ1) is 15.8. The number of nitrogens with two attached hydrogens (primary N) is 1. The Balaban J connectivity index is 1.85. The maximum Gasteiger partial charge on any atom is 0.266 e. The van der Waals surface area contributed by atoms with Crippen LogP contribution in [-0.4, -0.2) is 41.1 Å². The van der Waals surface area contributed by atoms with Gasteiger partial charge >= 0.3 is 0 Å². The van der Waals surface area contributed by atoms with Crippen LogP contribution < -0.4 is 16.4 Å². The number of hydrogen-bond donors (Lipinski definition) is 5. The van der Waals surface area contributed by atoms with Gasteiger partial charge in [0.25, 0.3) is 5.91 Å². The Morgan fingerprint density at radius 2 is 1.91 bits per heavy atom.